The lowest BCUT2D eigenvalue weighted by Gasteiger charge is -2.48. The van der Waals surface area contributed by atoms with Gasteiger partial charge in [-0.25, -0.2) is 4.79 Å². The number of ether oxygens (including phenoxy) is 1. The minimum Gasteiger partial charge on any atom is -0.448 e. The van der Waals surface area contributed by atoms with Gasteiger partial charge < -0.3 is 10.5 Å². The van der Waals surface area contributed by atoms with Crippen LogP contribution in [0, 0.1) is 0 Å². The van der Waals surface area contributed by atoms with E-state index in [1.165, 1.54) is 4.90 Å². The fourth-order valence-electron chi connectivity index (χ4n) is 4.18. The largest absolute Gasteiger partial charge is 0.448 e. The Balaban J connectivity index is 0.00000200. The van der Waals surface area contributed by atoms with Crippen LogP contribution in [0.2, 0.25) is 0 Å². The molecule has 2 aliphatic rings. The third-order valence-corrected chi connectivity index (χ3v) is 8.21. The molecule has 10 heteroatoms. The molecule has 1 unspecified atom stereocenters. The first-order valence-electron chi connectivity index (χ1n) is 11.5. The average molecular weight is 589 g/mol. The Morgan fingerprint density at radius 1 is 1.08 bits per heavy atom. The smallest absolute Gasteiger partial charge is 0.356 e. The molecule has 1 saturated heterocycles. The molecule has 2 aromatic carbocycles. The van der Waals surface area contributed by atoms with Crippen molar-refractivity contribution in [3.8, 4) is 0 Å². The van der Waals surface area contributed by atoms with Gasteiger partial charge >= 0.3 is 5.97 Å². The number of fused-ring (bicyclic) bond motifs is 1. The lowest BCUT2D eigenvalue weighted by molar-refractivity contribution is -0.153. The zero-order valence-corrected chi connectivity index (χ0v) is 23.5. The molecule has 6 nitrogen and oxygen atoms in total. The highest BCUT2D eigenvalue weighted by Gasteiger charge is 2.52. The molecule has 1 aromatic heterocycles. The van der Waals surface area contributed by atoms with Gasteiger partial charge in [-0.15, -0.1) is 48.3 Å². The van der Waals surface area contributed by atoms with Gasteiger partial charge in [-0.2, -0.15) is 0 Å². The third-order valence-electron chi connectivity index (χ3n) is 6.01. The van der Waals surface area contributed by atoms with Gasteiger partial charge in [0.1, 0.15) is 17.1 Å². The van der Waals surface area contributed by atoms with E-state index in [-0.39, 0.29) is 36.1 Å². The standard InChI is InChI=1S/C28H25N3O3S2.2ClH/c29-23-26(32)31-24(22(18-36-27(23)31)17-35-15-13-19-8-7-14-30-16-19)28(33)34-25(20-9-3-1-4-10-20)21-11-5-2-6-12-21;;/h1-16,23,25,27H,17-18,29H2;2*1H/b15-13-;;/t23?,27-;;/m0../s1. The number of benzene rings is 2. The molecule has 2 atom stereocenters. The van der Waals surface area contributed by atoms with Gasteiger partial charge in [0.2, 0.25) is 5.91 Å². The molecule has 198 valence electrons. The number of amides is 1. The first-order valence-corrected chi connectivity index (χ1v) is 13.6. The van der Waals surface area contributed by atoms with Crippen molar-refractivity contribution in [1.29, 1.82) is 0 Å². The Labute approximate surface area is 242 Å². The molecule has 38 heavy (non-hydrogen) atoms. The van der Waals surface area contributed by atoms with E-state index in [4.69, 9.17) is 10.5 Å². The van der Waals surface area contributed by atoms with Crippen LogP contribution in [0.1, 0.15) is 22.8 Å². The fourth-order valence-corrected chi connectivity index (χ4v) is 6.39. The van der Waals surface area contributed by atoms with Gasteiger partial charge in [0.15, 0.2) is 6.10 Å². The Hall–Kier alpha value is -2.75. The number of esters is 1. The highest BCUT2D eigenvalue weighted by molar-refractivity contribution is 8.02. The second-order valence-corrected chi connectivity index (χ2v) is 10.4. The first kappa shape index (κ1) is 29.8. The van der Waals surface area contributed by atoms with Crippen molar-refractivity contribution < 1.29 is 14.3 Å². The number of halogens is 2. The van der Waals surface area contributed by atoms with Gasteiger partial charge in [-0.05, 0) is 39.8 Å². The molecular formula is C28H27Cl2N3O3S2. The Morgan fingerprint density at radius 3 is 2.34 bits per heavy atom. The molecule has 3 aromatic rings. The van der Waals surface area contributed by atoms with Crippen molar-refractivity contribution in [3.63, 3.8) is 0 Å². The maximum absolute atomic E-state index is 13.7. The van der Waals surface area contributed by atoms with Crippen LogP contribution in [0.5, 0.6) is 0 Å². The van der Waals surface area contributed by atoms with Crippen LogP contribution >= 0.6 is 48.3 Å². The van der Waals surface area contributed by atoms with E-state index < -0.39 is 18.1 Å². The summed E-state index contributed by atoms with van der Waals surface area (Å²) >= 11 is 3.15. The van der Waals surface area contributed by atoms with Crippen molar-refractivity contribution in [3.05, 3.63) is 119 Å². The van der Waals surface area contributed by atoms with E-state index in [0.29, 0.717) is 17.2 Å². The van der Waals surface area contributed by atoms with E-state index in [1.54, 1.807) is 35.9 Å². The van der Waals surface area contributed by atoms with Crippen LogP contribution in [0.4, 0.5) is 0 Å². The van der Waals surface area contributed by atoms with Gasteiger partial charge in [-0.1, -0.05) is 66.7 Å². The third kappa shape index (κ3) is 6.45. The maximum atomic E-state index is 13.7. The number of thioether (sulfide) groups is 2. The minimum atomic E-state index is -0.600. The molecule has 1 fully saturated rings. The van der Waals surface area contributed by atoms with E-state index in [1.807, 2.05) is 84.3 Å². The Morgan fingerprint density at radius 2 is 1.74 bits per heavy atom. The quantitative estimate of drug-likeness (QED) is 0.276. The molecule has 2 N–H and O–H groups in total. The molecule has 5 rings (SSSR count). The molecule has 0 aliphatic carbocycles. The summed E-state index contributed by atoms with van der Waals surface area (Å²) in [5.41, 5.74) is 9.95. The van der Waals surface area contributed by atoms with Crippen molar-refractivity contribution in [2.45, 2.75) is 17.5 Å². The number of aromatic nitrogens is 1. The van der Waals surface area contributed by atoms with Crippen molar-refractivity contribution >= 4 is 66.3 Å². The van der Waals surface area contributed by atoms with Crippen LogP contribution in [-0.2, 0) is 14.3 Å². The summed E-state index contributed by atoms with van der Waals surface area (Å²) in [5.74, 6) is 0.414. The number of β-lactam (4-membered cyclic amide) rings is 1. The summed E-state index contributed by atoms with van der Waals surface area (Å²) in [4.78, 5) is 32.1. The van der Waals surface area contributed by atoms with Gasteiger partial charge in [0.05, 0.1) is 0 Å². The minimum absolute atomic E-state index is 0. The van der Waals surface area contributed by atoms with Gasteiger partial charge in [0.25, 0.3) is 0 Å². The number of carbonyl (C=O) groups excluding carboxylic acids is 2. The van der Waals surface area contributed by atoms with Crippen molar-refractivity contribution in [2.75, 3.05) is 11.5 Å². The number of rotatable bonds is 8. The fraction of sp³-hybridized carbons (Fsp3) is 0.179. The Kier molecular flexibility index (Phi) is 10.9. The van der Waals surface area contributed by atoms with Crippen molar-refractivity contribution in [1.82, 2.24) is 9.88 Å². The summed E-state index contributed by atoms with van der Waals surface area (Å²) in [6.45, 7) is 0. The Bertz CT molecular complexity index is 1250. The number of nitrogens with two attached hydrogens (primary N) is 1. The van der Waals surface area contributed by atoms with Gasteiger partial charge in [0, 0.05) is 23.9 Å². The van der Waals surface area contributed by atoms with Gasteiger partial charge in [-0.3, -0.25) is 14.7 Å². The molecule has 0 radical (unpaired) electrons. The highest BCUT2D eigenvalue weighted by Crippen LogP contribution is 2.41. The predicted molar refractivity (Wildman–Crippen MR) is 159 cm³/mol. The summed E-state index contributed by atoms with van der Waals surface area (Å²) in [5, 5.41) is 1.73. The molecule has 1 amide bonds. The SMILES string of the molecule is Cl.Cl.NC1C(=O)N2C(C(=O)OC(c3ccccc3)c3ccccc3)=C(CS/C=C\c3cccnc3)CS[C@@H]12. The zero-order chi connectivity index (χ0) is 24.9. The summed E-state index contributed by atoms with van der Waals surface area (Å²) in [6, 6.07) is 22.5. The van der Waals surface area contributed by atoms with E-state index >= 15 is 0 Å². The number of carbonyl (C=O) groups is 2. The summed E-state index contributed by atoms with van der Waals surface area (Å²) in [7, 11) is 0. The second kappa shape index (κ2) is 13.9. The van der Waals surface area contributed by atoms with Crippen LogP contribution < -0.4 is 5.73 Å². The van der Waals surface area contributed by atoms with Crippen LogP contribution in [0.15, 0.2) is 102 Å². The monoisotopic (exact) mass is 587 g/mol. The summed E-state index contributed by atoms with van der Waals surface area (Å²) < 4.78 is 6.13. The van der Waals surface area contributed by atoms with Crippen LogP contribution in [0.25, 0.3) is 6.08 Å². The molecular weight excluding hydrogens is 561 g/mol. The average Bonchev–Trinajstić information content (AvgIpc) is 2.94. The molecule has 3 heterocycles. The summed E-state index contributed by atoms with van der Waals surface area (Å²) in [6.07, 6.45) is 4.90. The molecule has 2 aliphatic heterocycles. The normalized spacial score (nSPS) is 18.4. The van der Waals surface area contributed by atoms with E-state index in [0.717, 1.165) is 22.3 Å². The zero-order valence-electron chi connectivity index (χ0n) is 20.2. The number of hydrogen-bond donors (Lipinski definition) is 1. The van der Waals surface area contributed by atoms with E-state index in [9.17, 15) is 9.59 Å². The lowest BCUT2D eigenvalue weighted by Crippen LogP contribution is -2.68. The topological polar surface area (TPSA) is 85.5 Å². The number of hydrogen-bond acceptors (Lipinski definition) is 7. The molecule has 0 bridgehead atoms. The lowest BCUT2D eigenvalue weighted by atomic mass is 10.0. The van der Waals surface area contributed by atoms with E-state index in [2.05, 4.69) is 4.98 Å². The van der Waals surface area contributed by atoms with Crippen molar-refractivity contribution in [2.24, 2.45) is 5.73 Å². The highest BCUT2D eigenvalue weighted by atomic mass is 35.5. The number of nitrogens with zero attached hydrogens (tertiary/aromatic N) is 2. The second-order valence-electron chi connectivity index (χ2n) is 8.39. The molecule has 0 spiro atoms. The van der Waals surface area contributed by atoms with Crippen LogP contribution in [0.3, 0.4) is 0 Å². The first-order chi connectivity index (χ1) is 17.6. The number of pyridine rings is 1. The van der Waals surface area contributed by atoms with Crippen LogP contribution in [-0.4, -0.2) is 44.7 Å². The predicted octanol–water partition coefficient (Wildman–Crippen LogP) is 5.46. The molecule has 0 saturated carbocycles. The maximum Gasteiger partial charge on any atom is 0.356 e.